The van der Waals surface area contributed by atoms with Crippen molar-refractivity contribution < 1.29 is 14.1 Å². The summed E-state index contributed by atoms with van der Waals surface area (Å²) in [6.07, 6.45) is 3.94. The maximum absolute atomic E-state index is 12.6. The zero-order valence-electron chi connectivity index (χ0n) is 14.8. The molecule has 3 amide bonds. The van der Waals surface area contributed by atoms with Crippen LogP contribution in [0.15, 0.2) is 28.8 Å². The summed E-state index contributed by atoms with van der Waals surface area (Å²) in [5, 5.41) is 6.82. The summed E-state index contributed by atoms with van der Waals surface area (Å²) in [6, 6.07) is 7.66. The van der Waals surface area contributed by atoms with E-state index in [4.69, 9.17) is 4.52 Å². The van der Waals surface area contributed by atoms with Crippen molar-refractivity contribution >= 4 is 23.5 Å². The number of rotatable bonds is 4. The van der Waals surface area contributed by atoms with Gasteiger partial charge in [0.1, 0.15) is 6.54 Å². The molecule has 26 heavy (non-hydrogen) atoms. The molecular formula is C19H22N4O3. The number of urea groups is 1. The van der Waals surface area contributed by atoms with Crippen LogP contribution >= 0.6 is 0 Å². The minimum atomic E-state index is -0.256. The van der Waals surface area contributed by atoms with E-state index >= 15 is 0 Å². The molecule has 2 aromatic rings. The highest BCUT2D eigenvalue weighted by Crippen LogP contribution is 2.27. The van der Waals surface area contributed by atoms with Crippen LogP contribution in [0.4, 0.5) is 16.4 Å². The monoisotopic (exact) mass is 354 g/mol. The van der Waals surface area contributed by atoms with Gasteiger partial charge in [-0.3, -0.25) is 15.0 Å². The number of nitrogens with zero attached hydrogens (tertiary/aromatic N) is 3. The van der Waals surface area contributed by atoms with E-state index in [1.165, 1.54) is 0 Å². The van der Waals surface area contributed by atoms with Crippen LogP contribution in [0.25, 0.3) is 0 Å². The van der Waals surface area contributed by atoms with Crippen molar-refractivity contribution in [2.24, 2.45) is 0 Å². The third-order valence-corrected chi connectivity index (χ3v) is 4.99. The average molecular weight is 354 g/mol. The highest BCUT2D eigenvalue weighted by atomic mass is 16.5. The summed E-state index contributed by atoms with van der Waals surface area (Å²) >= 11 is 0. The van der Waals surface area contributed by atoms with Crippen molar-refractivity contribution in [3.8, 4) is 0 Å². The molecule has 2 heterocycles. The third kappa shape index (κ3) is 3.16. The second-order valence-electron chi connectivity index (χ2n) is 6.88. The topological polar surface area (TPSA) is 78.7 Å². The summed E-state index contributed by atoms with van der Waals surface area (Å²) in [5.41, 5.74) is 3.94. The fraction of sp³-hybridized carbons (Fsp3) is 0.421. The fourth-order valence-corrected chi connectivity index (χ4v) is 3.52. The quantitative estimate of drug-likeness (QED) is 0.916. The average Bonchev–Trinajstić information content (AvgIpc) is 3.21. The van der Waals surface area contributed by atoms with Gasteiger partial charge in [-0.2, -0.15) is 0 Å². The Bertz CT molecular complexity index is 828. The molecule has 4 rings (SSSR count). The summed E-state index contributed by atoms with van der Waals surface area (Å²) in [7, 11) is 0. The number of fused-ring (bicyclic) bond motifs is 1. The third-order valence-electron chi connectivity index (χ3n) is 4.99. The number of hydrogen-bond acceptors (Lipinski definition) is 4. The molecule has 1 aliphatic carbocycles. The van der Waals surface area contributed by atoms with E-state index in [1.54, 1.807) is 9.80 Å². The van der Waals surface area contributed by atoms with Crippen molar-refractivity contribution in [3.63, 3.8) is 0 Å². The minimum Gasteiger partial charge on any atom is -0.338 e. The summed E-state index contributed by atoms with van der Waals surface area (Å²) in [6.45, 7) is 3.12. The first-order chi connectivity index (χ1) is 12.6. The van der Waals surface area contributed by atoms with Gasteiger partial charge in [0.05, 0.1) is 5.69 Å². The number of hydrogen-bond donors (Lipinski definition) is 1. The second-order valence-corrected chi connectivity index (χ2v) is 6.88. The number of aromatic nitrogens is 1. The van der Waals surface area contributed by atoms with Crippen molar-refractivity contribution in [1.82, 2.24) is 10.1 Å². The SMILES string of the molecule is Cc1ccc(N2CCN(CC(=O)Nc3onc4c3CCCC4)C2=O)cc1. The molecule has 1 aromatic heterocycles. The van der Waals surface area contributed by atoms with Crippen LogP contribution in [0, 0.1) is 6.92 Å². The zero-order valence-corrected chi connectivity index (χ0v) is 14.8. The molecule has 0 bridgehead atoms. The first-order valence-corrected chi connectivity index (χ1v) is 9.02. The van der Waals surface area contributed by atoms with Gasteiger partial charge in [-0.05, 0) is 44.7 Å². The Balaban J connectivity index is 1.38. The number of carbonyl (C=O) groups is 2. The number of nitrogens with one attached hydrogen (secondary N) is 1. The van der Waals surface area contributed by atoms with Gasteiger partial charge in [-0.15, -0.1) is 0 Å². The molecule has 0 radical (unpaired) electrons. The Morgan fingerprint density at radius 3 is 2.77 bits per heavy atom. The highest BCUT2D eigenvalue weighted by Gasteiger charge is 2.31. The fourth-order valence-electron chi connectivity index (χ4n) is 3.52. The van der Waals surface area contributed by atoms with E-state index in [1.807, 2.05) is 31.2 Å². The maximum atomic E-state index is 12.6. The maximum Gasteiger partial charge on any atom is 0.325 e. The normalized spacial score (nSPS) is 16.7. The Hall–Kier alpha value is -2.83. The van der Waals surface area contributed by atoms with E-state index in [2.05, 4.69) is 10.5 Å². The molecule has 0 saturated carbocycles. The second kappa shape index (κ2) is 6.82. The van der Waals surface area contributed by atoms with Gasteiger partial charge in [0.2, 0.25) is 11.8 Å². The zero-order chi connectivity index (χ0) is 18.1. The van der Waals surface area contributed by atoms with Crippen LogP contribution in [0.1, 0.15) is 29.7 Å². The predicted molar refractivity (Wildman–Crippen MR) is 97.3 cm³/mol. The number of anilines is 2. The molecule has 2 aliphatic rings. The first-order valence-electron chi connectivity index (χ1n) is 9.02. The Kier molecular flexibility index (Phi) is 4.36. The first kappa shape index (κ1) is 16.6. The lowest BCUT2D eigenvalue weighted by molar-refractivity contribution is -0.116. The largest absolute Gasteiger partial charge is 0.338 e. The van der Waals surface area contributed by atoms with Crippen LogP contribution in [-0.4, -0.2) is 41.6 Å². The standard InChI is InChI=1S/C19H22N4O3/c1-13-6-8-14(9-7-13)23-11-10-22(19(23)25)12-17(24)20-18-15-4-2-3-5-16(15)21-26-18/h6-9H,2-5,10-12H2,1H3,(H,20,24). The number of carbonyl (C=O) groups excluding carboxylic acids is 2. The van der Waals surface area contributed by atoms with E-state index < -0.39 is 0 Å². The lowest BCUT2D eigenvalue weighted by Gasteiger charge is -2.18. The molecule has 0 atom stereocenters. The van der Waals surface area contributed by atoms with Gasteiger partial charge >= 0.3 is 6.03 Å². The highest BCUT2D eigenvalue weighted by molar-refractivity contribution is 5.99. The van der Waals surface area contributed by atoms with Gasteiger partial charge in [0.15, 0.2) is 0 Å². The Morgan fingerprint density at radius 2 is 1.96 bits per heavy atom. The van der Waals surface area contributed by atoms with Gasteiger partial charge in [0, 0.05) is 24.3 Å². The molecule has 1 fully saturated rings. The number of benzene rings is 1. The minimum absolute atomic E-state index is 0.0106. The van der Waals surface area contributed by atoms with Crippen molar-refractivity contribution in [2.45, 2.75) is 32.6 Å². The molecule has 0 unspecified atom stereocenters. The summed E-state index contributed by atoms with van der Waals surface area (Å²) in [4.78, 5) is 28.2. The Labute approximate surface area is 151 Å². The molecule has 0 spiro atoms. The van der Waals surface area contributed by atoms with Crippen LogP contribution in [0.2, 0.25) is 0 Å². The van der Waals surface area contributed by atoms with Gasteiger partial charge in [-0.1, -0.05) is 22.9 Å². The molecular weight excluding hydrogens is 332 g/mol. The van der Waals surface area contributed by atoms with E-state index in [0.29, 0.717) is 19.0 Å². The van der Waals surface area contributed by atoms with E-state index in [9.17, 15) is 9.59 Å². The lowest BCUT2D eigenvalue weighted by atomic mass is 9.98. The number of aryl methyl sites for hydroxylation is 2. The van der Waals surface area contributed by atoms with Gasteiger partial charge in [-0.25, -0.2) is 4.79 Å². The van der Waals surface area contributed by atoms with Crippen molar-refractivity contribution in [2.75, 3.05) is 29.9 Å². The van der Waals surface area contributed by atoms with Crippen molar-refractivity contribution in [1.29, 1.82) is 0 Å². The summed E-state index contributed by atoms with van der Waals surface area (Å²) in [5.74, 6) is 0.181. The van der Waals surface area contributed by atoms with Crippen LogP contribution in [-0.2, 0) is 17.6 Å². The molecule has 7 nitrogen and oxygen atoms in total. The van der Waals surface area contributed by atoms with Gasteiger partial charge < -0.3 is 9.42 Å². The van der Waals surface area contributed by atoms with Crippen LogP contribution < -0.4 is 10.2 Å². The Morgan fingerprint density at radius 1 is 1.19 bits per heavy atom. The number of amides is 3. The lowest BCUT2D eigenvalue weighted by Crippen LogP contribution is -2.37. The molecule has 1 aromatic carbocycles. The molecule has 1 aliphatic heterocycles. The molecule has 1 N–H and O–H groups in total. The van der Waals surface area contributed by atoms with Crippen molar-refractivity contribution in [3.05, 3.63) is 41.1 Å². The predicted octanol–water partition coefficient (Wildman–Crippen LogP) is 2.74. The smallest absolute Gasteiger partial charge is 0.325 e. The summed E-state index contributed by atoms with van der Waals surface area (Å²) < 4.78 is 5.29. The van der Waals surface area contributed by atoms with Crippen LogP contribution in [0.5, 0.6) is 0 Å². The van der Waals surface area contributed by atoms with E-state index in [0.717, 1.165) is 48.2 Å². The van der Waals surface area contributed by atoms with E-state index in [-0.39, 0.29) is 18.5 Å². The van der Waals surface area contributed by atoms with Gasteiger partial charge in [0.25, 0.3) is 0 Å². The molecule has 1 saturated heterocycles. The molecule has 136 valence electrons. The van der Waals surface area contributed by atoms with Crippen LogP contribution in [0.3, 0.4) is 0 Å². The molecule has 7 heteroatoms.